The molecule has 2 aromatic rings. The summed E-state index contributed by atoms with van der Waals surface area (Å²) in [5, 5.41) is 2.81. The Labute approximate surface area is 117 Å². The van der Waals surface area contributed by atoms with E-state index in [0.717, 1.165) is 5.92 Å². The predicted molar refractivity (Wildman–Crippen MR) is 85.6 cm³/mol. The van der Waals surface area contributed by atoms with Gasteiger partial charge in [-0.3, -0.25) is 0 Å². The summed E-state index contributed by atoms with van der Waals surface area (Å²) in [4.78, 5) is 0. The van der Waals surface area contributed by atoms with Gasteiger partial charge >= 0.3 is 0 Å². The van der Waals surface area contributed by atoms with Crippen molar-refractivity contribution >= 4 is 10.8 Å². The Bertz CT molecular complexity index is 491. The molecule has 0 unspecified atom stereocenters. The van der Waals surface area contributed by atoms with E-state index in [9.17, 15) is 0 Å². The lowest BCUT2D eigenvalue weighted by Gasteiger charge is -2.07. The highest BCUT2D eigenvalue weighted by molar-refractivity contribution is 5.85. The highest BCUT2D eigenvalue weighted by atomic mass is 14.1. The van der Waals surface area contributed by atoms with E-state index in [1.807, 2.05) is 0 Å². The standard InChI is InChI=1S/C19H26/c1-16(2)10-5-3-4-6-11-17-13-9-14-18-12-7-8-15-19(17)18/h7-9,12-16H,3-6,10-11H2,1-2H3. The second-order valence-corrected chi connectivity index (χ2v) is 5.99. The van der Waals surface area contributed by atoms with Crippen LogP contribution >= 0.6 is 0 Å². The number of unbranched alkanes of at least 4 members (excludes halogenated alkanes) is 3. The second-order valence-electron chi connectivity index (χ2n) is 5.99. The number of benzene rings is 2. The lowest BCUT2D eigenvalue weighted by molar-refractivity contribution is 0.520. The summed E-state index contributed by atoms with van der Waals surface area (Å²) in [6.45, 7) is 4.63. The Morgan fingerprint density at radius 3 is 2.37 bits per heavy atom. The molecule has 0 bridgehead atoms. The van der Waals surface area contributed by atoms with Crippen LogP contribution in [0.4, 0.5) is 0 Å². The SMILES string of the molecule is CC(C)CCCCCCc1cccc2ccccc12. The van der Waals surface area contributed by atoms with E-state index >= 15 is 0 Å². The Morgan fingerprint density at radius 2 is 1.53 bits per heavy atom. The fourth-order valence-corrected chi connectivity index (χ4v) is 2.73. The van der Waals surface area contributed by atoms with Gasteiger partial charge in [-0.1, -0.05) is 82.0 Å². The average Bonchev–Trinajstić information content (AvgIpc) is 2.42. The number of hydrogen-bond donors (Lipinski definition) is 0. The van der Waals surface area contributed by atoms with Crippen LogP contribution in [0.5, 0.6) is 0 Å². The zero-order valence-corrected chi connectivity index (χ0v) is 12.4. The monoisotopic (exact) mass is 254 g/mol. The third-order valence-corrected chi connectivity index (χ3v) is 3.86. The van der Waals surface area contributed by atoms with Gasteiger partial charge in [0.2, 0.25) is 0 Å². The third kappa shape index (κ3) is 4.38. The molecule has 0 heteroatoms. The Morgan fingerprint density at radius 1 is 0.789 bits per heavy atom. The third-order valence-electron chi connectivity index (χ3n) is 3.86. The molecule has 2 aromatic carbocycles. The summed E-state index contributed by atoms with van der Waals surface area (Å²) < 4.78 is 0. The molecule has 0 spiro atoms. The second kappa shape index (κ2) is 7.33. The molecular weight excluding hydrogens is 228 g/mol. The maximum Gasteiger partial charge on any atom is -0.0152 e. The van der Waals surface area contributed by atoms with Gasteiger partial charge in [-0.2, -0.15) is 0 Å². The fourth-order valence-electron chi connectivity index (χ4n) is 2.73. The molecule has 0 nitrogen and oxygen atoms in total. The minimum Gasteiger partial charge on any atom is -0.0628 e. The fraction of sp³-hybridized carbons (Fsp3) is 0.474. The van der Waals surface area contributed by atoms with Crippen LogP contribution in [-0.2, 0) is 6.42 Å². The minimum absolute atomic E-state index is 0.859. The first-order valence-corrected chi connectivity index (χ1v) is 7.74. The Balaban J connectivity index is 1.82. The van der Waals surface area contributed by atoms with Crippen LogP contribution in [0.3, 0.4) is 0 Å². The van der Waals surface area contributed by atoms with Crippen LogP contribution in [0.2, 0.25) is 0 Å². The van der Waals surface area contributed by atoms with Gasteiger partial charge in [0.1, 0.15) is 0 Å². The van der Waals surface area contributed by atoms with Gasteiger partial charge in [-0.05, 0) is 35.1 Å². The summed E-state index contributed by atoms with van der Waals surface area (Å²) in [7, 11) is 0. The zero-order valence-electron chi connectivity index (χ0n) is 12.4. The quantitative estimate of drug-likeness (QED) is 0.532. The highest BCUT2D eigenvalue weighted by Crippen LogP contribution is 2.20. The molecule has 19 heavy (non-hydrogen) atoms. The molecule has 102 valence electrons. The molecule has 0 aromatic heterocycles. The normalized spacial score (nSPS) is 11.3. The van der Waals surface area contributed by atoms with Crippen molar-refractivity contribution in [2.45, 2.75) is 52.4 Å². The van der Waals surface area contributed by atoms with Crippen LogP contribution in [0, 0.1) is 5.92 Å². The van der Waals surface area contributed by atoms with Crippen molar-refractivity contribution < 1.29 is 0 Å². The molecule has 0 heterocycles. The summed E-state index contributed by atoms with van der Waals surface area (Å²) in [5.41, 5.74) is 1.52. The van der Waals surface area contributed by atoms with Crippen molar-refractivity contribution in [3.05, 3.63) is 48.0 Å². The van der Waals surface area contributed by atoms with Crippen LogP contribution < -0.4 is 0 Å². The van der Waals surface area contributed by atoms with E-state index in [1.165, 1.54) is 54.9 Å². The van der Waals surface area contributed by atoms with Gasteiger partial charge in [0.15, 0.2) is 0 Å². The molecule has 0 saturated heterocycles. The predicted octanol–water partition coefficient (Wildman–Crippen LogP) is 5.99. The van der Waals surface area contributed by atoms with E-state index in [1.54, 1.807) is 0 Å². The maximum atomic E-state index is 2.32. The van der Waals surface area contributed by atoms with Gasteiger partial charge in [0.25, 0.3) is 0 Å². The first-order valence-electron chi connectivity index (χ1n) is 7.74. The number of aryl methyl sites for hydroxylation is 1. The highest BCUT2D eigenvalue weighted by Gasteiger charge is 2.00. The topological polar surface area (TPSA) is 0 Å². The van der Waals surface area contributed by atoms with Gasteiger partial charge in [0.05, 0.1) is 0 Å². The number of fused-ring (bicyclic) bond motifs is 1. The van der Waals surface area contributed by atoms with Crippen molar-refractivity contribution in [1.82, 2.24) is 0 Å². The van der Waals surface area contributed by atoms with E-state index in [4.69, 9.17) is 0 Å². The van der Waals surface area contributed by atoms with Crippen molar-refractivity contribution in [3.63, 3.8) is 0 Å². The van der Waals surface area contributed by atoms with Crippen molar-refractivity contribution in [2.75, 3.05) is 0 Å². The van der Waals surface area contributed by atoms with Gasteiger partial charge in [0, 0.05) is 0 Å². The molecule has 0 radical (unpaired) electrons. The number of rotatable bonds is 7. The van der Waals surface area contributed by atoms with Crippen molar-refractivity contribution in [3.8, 4) is 0 Å². The molecule has 0 aliphatic carbocycles. The maximum absolute atomic E-state index is 2.32. The lowest BCUT2D eigenvalue weighted by Crippen LogP contribution is -1.90. The minimum atomic E-state index is 0.859. The first kappa shape index (κ1) is 14.1. The zero-order chi connectivity index (χ0) is 13.5. The van der Waals surface area contributed by atoms with E-state index < -0.39 is 0 Å². The average molecular weight is 254 g/mol. The van der Waals surface area contributed by atoms with Crippen molar-refractivity contribution in [2.24, 2.45) is 5.92 Å². The van der Waals surface area contributed by atoms with E-state index in [2.05, 4.69) is 56.3 Å². The lowest BCUT2D eigenvalue weighted by atomic mass is 9.98. The summed E-state index contributed by atoms with van der Waals surface area (Å²) >= 11 is 0. The molecule has 0 amide bonds. The van der Waals surface area contributed by atoms with Crippen LogP contribution in [0.15, 0.2) is 42.5 Å². The van der Waals surface area contributed by atoms with Gasteiger partial charge < -0.3 is 0 Å². The molecule has 2 rings (SSSR count). The van der Waals surface area contributed by atoms with Crippen LogP contribution in [0.25, 0.3) is 10.8 Å². The molecule has 0 fully saturated rings. The smallest absolute Gasteiger partial charge is 0.0152 e. The van der Waals surface area contributed by atoms with E-state index in [0.29, 0.717) is 0 Å². The van der Waals surface area contributed by atoms with E-state index in [-0.39, 0.29) is 0 Å². The summed E-state index contributed by atoms with van der Waals surface area (Å²) in [6.07, 6.45) is 8.09. The summed E-state index contributed by atoms with van der Waals surface area (Å²) in [6, 6.07) is 15.4. The molecule has 0 aliphatic rings. The van der Waals surface area contributed by atoms with Crippen LogP contribution in [-0.4, -0.2) is 0 Å². The van der Waals surface area contributed by atoms with Crippen molar-refractivity contribution in [1.29, 1.82) is 0 Å². The Kier molecular flexibility index (Phi) is 5.44. The molecule has 0 saturated carbocycles. The number of hydrogen-bond acceptors (Lipinski definition) is 0. The van der Waals surface area contributed by atoms with Gasteiger partial charge in [-0.15, -0.1) is 0 Å². The molecular formula is C19H26. The summed E-state index contributed by atoms with van der Waals surface area (Å²) in [5.74, 6) is 0.859. The molecule has 0 N–H and O–H groups in total. The first-order chi connectivity index (χ1) is 9.27. The molecule has 0 atom stereocenters. The molecule has 0 aliphatic heterocycles. The van der Waals surface area contributed by atoms with Crippen LogP contribution in [0.1, 0.15) is 51.5 Å². The largest absolute Gasteiger partial charge is 0.0628 e. The Hall–Kier alpha value is -1.30. The van der Waals surface area contributed by atoms with Gasteiger partial charge in [-0.25, -0.2) is 0 Å².